The number of nitrogens with zero attached hydrogens (tertiary/aromatic N) is 1. The Bertz CT molecular complexity index is 998. The third-order valence-corrected chi connectivity index (χ3v) is 5.61. The molecule has 1 atom stereocenters. The van der Waals surface area contributed by atoms with Gasteiger partial charge in [0.05, 0.1) is 0 Å². The summed E-state index contributed by atoms with van der Waals surface area (Å²) in [6.07, 6.45) is 1.00. The topological polar surface area (TPSA) is 32.3 Å². The molecule has 1 heterocycles. The first kappa shape index (κ1) is 20.7. The average molecular weight is 415 g/mol. The van der Waals surface area contributed by atoms with Gasteiger partial charge in [-0.1, -0.05) is 48.0 Å². The van der Waals surface area contributed by atoms with E-state index in [1.165, 1.54) is 0 Å². The number of amides is 1. The van der Waals surface area contributed by atoms with E-state index in [-0.39, 0.29) is 18.3 Å². The van der Waals surface area contributed by atoms with Crippen LogP contribution < -0.4 is 5.32 Å². The van der Waals surface area contributed by atoms with E-state index in [0.717, 1.165) is 57.6 Å². The van der Waals surface area contributed by atoms with Gasteiger partial charge in [-0.2, -0.15) is 0 Å². The predicted octanol–water partition coefficient (Wildman–Crippen LogP) is 5.32. The highest BCUT2D eigenvalue weighted by Crippen LogP contribution is 2.33. The third-order valence-electron chi connectivity index (χ3n) is 5.39. The Kier molecular flexibility index (Phi) is 6.29. The number of likely N-dealkylation sites (N-methyl/N-ethyl adjacent to an activating group) is 1. The van der Waals surface area contributed by atoms with Gasteiger partial charge in [0, 0.05) is 29.7 Å². The van der Waals surface area contributed by atoms with Crippen LogP contribution in [0.3, 0.4) is 0 Å². The highest BCUT2D eigenvalue weighted by molar-refractivity contribution is 6.31. The van der Waals surface area contributed by atoms with Gasteiger partial charge < -0.3 is 10.2 Å². The zero-order valence-electron chi connectivity index (χ0n) is 16.0. The number of halogens is 2. The lowest BCUT2D eigenvalue weighted by atomic mass is 9.94. The number of carbonyl (C=O) groups excluding carboxylic acids is 1. The second-order valence-electron chi connectivity index (χ2n) is 7.25. The Balaban J connectivity index is 0.00000225. The van der Waals surface area contributed by atoms with Crippen molar-refractivity contribution >= 4 is 40.7 Å². The highest BCUT2D eigenvalue weighted by atomic mass is 35.5. The van der Waals surface area contributed by atoms with Crippen molar-refractivity contribution in [2.24, 2.45) is 0 Å². The molecular weight excluding hydrogens is 391 g/mol. The lowest BCUT2D eigenvalue weighted by Crippen LogP contribution is -2.33. The van der Waals surface area contributed by atoms with E-state index in [1.807, 2.05) is 61.3 Å². The van der Waals surface area contributed by atoms with Gasteiger partial charge in [0.1, 0.15) is 0 Å². The Labute approximate surface area is 177 Å². The molecule has 0 radical (unpaired) electrons. The van der Waals surface area contributed by atoms with E-state index in [9.17, 15) is 4.79 Å². The number of hydrogen-bond acceptors (Lipinski definition) is 2. The first-order valence-electron chi connectivity index (χ1n) is 9.32. The largest absolute Gasteiger partial charge is 0.337 e. The molecule has 0 saturated carbocycles. The van der Waals surface area contributed by atoms with Crippen LogP contribution in [-0.2, 0) is 0 Å². The van der Waals surface area contributed by atoms with Crippen LogP contribution in [0.4, 0.5) is 0 Å². The molecule has 5 heteroatoms. The molecule has 1 N–H and O–H groups in total. The highest BCUT2D eigenvalue weighted by Gasteiger charge is 2.27. The van der Waals surface area contributed by atoms with Crippen molar-refractivity contribution in [3.05, 3.63) is 70.7 Å². The number of nitrogens with one attached hydrogen (secondary N) is 1. The Hall–Kier alpha value is -2.07. The molecule has 0 aliphatic carbocycles. The first-order chi connectivity index (χ1) is 13.1. The smallest absolute Gasteiger partial charge is 0.254 e. The van der Waals surface area contributed by atoms with Crippen molar-refractivity contribution in [3.63, 3.8) is 0 Å². The molecule has 1 fully saturated rings. The molecule has 1 aliphatic heterocycles. The van der Waals surface area contributed by atoms with E-state index in [2.05, 4.69) is 17.4 Å². The maximum atomic E-state index is 13.2. The SMILES string of the molecule is CN[C@@H]1CCN(C(=O)c2ccc(-c3cc(C)cc(Cl)c3)c3ccccc23)C1.Cl. The number of aryl methyl sites for hydroxylation is 1. The van der Waals surface area contributed by atoms with Gasteiger partial charge in [-0.25, -0.2) is 0 Å². The monoisotopic (exact) mass is 414 g/mol. The second-order valence-corrected chi connectivity index (χ2v) is 7.69. The minimum atomic E-state index is 0. The number of likely N-dealkylation sites (tertiary alicyclic amines) is 1. The number of carbonyl (C=O) groups is 1. The van der Waals surface area contributed by atoms with Crippen molar-refractivity contribution in [1.29, 1.82) is 0 Å². The van der Waals surface area contributed by atoms with Gasteiger partial charge in [-0.3, -0.25) is 4.79 Å². The standard InChI is InChI=1S/C23H23ClN2O.ClH/c1-15-11-16(13-17(24)12-15)19-7-8-22(21-6-4-3-5-20(19)21)23(27)26-10-9-18(14-26)25-2;/h3-8,11-13,18,25H,9-10,14H2,1-2H3;1H/t18-;/m1./s1. The number of fused-ring (bicyclic) bond motifs is 1. The molecular formula is C23H24Cl2N2O. The summed E-state index contributed by atoms with van der Waals surface area (Å²) in [5.74, 6) is 0.109. The van der Waals surface area contributed by atoms with Crippen molar-refractivity contribution < 1.29 is 4.79 Å². The Morgan fingerprint density at radius 2 is 1.86 bits per heavy atom. The van der Waals surface area contributed by atoms with Gasteiger partial charge in [-0.05, 0) is 66.1 Å². The molecule has 146 valence electrons. The van der Waals surface area contributed by atoms with Crippen LogP contribution in [0.1, 0.15) is 22.3 Å². The maximum Gasteiger partial charge on any atom is 0.254 e. The molecule has 0 aromatic heterocycles. The molecule has 1 aliphatic rings. The Morgan fingerprint density at radius 3 is 2.54 bits per heavy atom. The number of benzene rings is 3. The van der Waals surface area contributed by atoms with Crippen LogP contribution in [0, 0.1) is 6.92 Å². The van der Waals surface area contributed by atoms with E-state index >= 15 is 0 Å². The van der Waals surface area contributed by atoms with Crippen molar-refractivity contribution in [2.75, 3.05) is 20.1 Å². The van der Waals surface area contributed by atoms with E-state index < -0.39 is 0 Å². The average Bonchev–Trinajstić information content (AvgIpc) is 3.15. The fraction of sp³-hybridized carbons (Fsp3) is 0.261. The predicted molar refractivity (Wildman–Crippen MR) is 120 cm³/mol. The summed E-state index contributed by atoms with van der Waals surface area (Å²) in [5, 5.41) is 6.07. The first-order valence-corrected chi connectivity index (χ1v) is 9.70. The van der Waals surface area contributed by atoms with Crippen LogP contribution >= 0.6 is 24.0 Å². The van der Waals surface area contributed by atoms with E-state index in [4.69, 9.17) is 11.6 Å². The fourth-order valence-corrected chi connectivity index (χ4v) is 4.27. The quantitative estimate of drug-likeness (QED) is 0.628. The van der Waals surface area contributed by atoms with Crippen LogP contribution in [0.5, 0.6) is 0 Å². The molecule has 1 saturated heterocycles. The molecule has 3 nitrogen and oxygen atoms in total. The van der Waals surface area contributed by atoms with Crippen LogP contribution in [0.25, 0.3) is 21.9 Å². The summed E-state index contributed by atoms with van der Waals surface area (Å²) in [5.41, 5.74) is 4.07. The summed E-state index contributed by atoms with van der Waals surface area (Å²) >= 11 is 6.28. The Morgan fingerprint density at radius 1 is 1.11 bits per heavy atom. The van der Waals surface area contributed by atoms with Crippen LogP contribution in [0.15, 0.2) is 54.6 Å². The van der Waals surface area contributed by atoms with Gasteiger partial charge >= 0.3 is 0 Å². The zero-order valence-corrected chi connectivity index (χ0v) is 17.6. The normalized spacial score (nSPS) is 16.2. The zero-order chi connectivity index (χ0) is 19.0. The molecule has 0 bridgehead atoms. The van der Waals surface area contributed by atoms with Gasteiger partial charge in [0.15, 0.2) is 0 Å². The molecule has 1 amide bonds. The molecule has 3 aromatic rings. The second kappa shape index (κ2) is 8.52. The molecule has 0 unspecified atom stereocenters. The minimum absolute atomic E-state index is 0. The van der Waals surface area contributed by atoms with Gasteiger partial charge in [-0.15, -0.1) is 12.4 Å². The van der Waals surface area contributed by atoms with Crippen molar-refractivity contribution in [2.45, 2.75) is 19.4 Å². The minimum Gasteiger partial charge on any atom is -0.337 e. The summed E-state index contributed by atoms with van der Waals surface area (Å²) in [4.78, 5) is 15.1. The van der Waals surface area contributed by atoms with Gasteiger partial charge in [0.25, 0.3) is 5.91 Å². The summed E-state index contributed by atoms with van der Waals surface area (Å²) in [6.45, 7) is 3.60. The van der Waals surface area contributed by atoms with E-state index in [1.54, 1.807) is 0 Å². The molecule has 3 aromatic carbocycles. The number of hydrogen-bond donors (Lipinski definition) is 1. The fourth-order valence-electron chi connectivity index (χ4n) is 3.98. The summed E-state index contributed by atoms with van der Waals surface area (Å²) in [6, 6.07) is 18.6. The van der Waals surface area contributed by atoms with Crippen molar-refractivity contribution in [1.82, 2.24) is 10.2 Å². The van der Waals surface area contributed by atoms with Crippen LogP contribution in [0.2, 0.25) is 5.02 Å². The van der Waals surface area contributed by atoms with Crippen LogP contribution in [-0.4, -0.2) is 37.0 Å². The lowest BCUT2D eigenvalue weighted by Gasteiger charge is -2.19. The van der Waals surface area contributed by atoms with E-state index in [0.29, 0.717) is 6.04 Å². The summed E-state index contributed by atoms with van der Waals surface area (Å²) < 4.78 is 0. The molecule has 0 spiro atoms. The summed E-state index contributed by atoms with van der Waals surface area (Å²) in [7, 11) is 1.95. The molecule has 4 rings (SSSR count). The maximum absolute atomic E-state index is 13.2. The molecule has 28 heavy (non-hydrogen) atoms. The van der Waals surface area contributed by atoms with Crippen molar-refractivity contribution in [3.8, 4) is 11.1 Å². The lowest BCUT2D eigenvalue weighted by molar-refractivity contribution is 0.0791. The third kappa shape index (κ3) is 3.88. The number of rotatable bonds is 3. The van der Waals surface area contributed by atoms with Gasteiger partial charge in [0.2, 0.25) is 0 Å².